The van der Waals surface area contributed by atoms with Gasteiger partial charge in [-0.3, -0.25) is 14.4 Å². The molecular weight excluding hydrogens is 438 g/mol. The van der Waals surface area contributed by atoms with E-state index >= 15 is 0 Å². The fourth-order valence-corrected chi connectivity index (χ4v) is 9.25. The van der Waals surface area contributed by atoms with Gasteiger partial charge in [-0.05, 0) is 50.9 Å². The predicted molar refractivity (Wildman–Crippen MR) is 130 cm³/mol. The van der Waals surface area contributed by atoms with Gasteiger partial charge in [-0.2, -0.15) is 0 Å². The Hall–Kier alpha value is -1.28. The van der Waals surface area contributed by atoms with Crippen LogP contribution in [-0.2, 0) is 14.4 Å². The second kappa shape index (κ2) is 10.5. The summed E-state index contributed by atoms with van der Waals surface area (Å²) in [6.45, 7) is 5.47. The SMILES string of the molecule is CCCNC(=O)[C@@H]1[C@@H]2CC(C)C3(S2)C(C(=O)NC2CCCCC2)N(CCCCCO)C(=O)[C@H]13. The van der Waals surface area contributed by atoms with Crippen molar-refractivity contribution in [3.05, 3.63) is 0 Å². The third-order valence-corrected chi connectivity index (χ3v) is 10.4. The molecule has 3 unspecified atom stereocenters. The lowest BCUT2D eigenvalue weighted by Crippen LogP contribution is -2.58. The zero-order valence-corrected chi connectivity index (χ0v) is 21.0. The Balaban J connectivity index is 1.61. The maximum atomic E-state index is 13.9. The van der Waals surface area contributed by atoms with Crippen molar-refractivity contribution < 1.29 is 19.5 Å². The predicted octanol–water partition coefficient (Wildman–Crippen LogP) is 2.46. The molecule has 186 valence electrons. The number of hydrogen-bond donors (Lipinski definition) is 3. The molecule has 6 atom stereocenters. The van der Waals surface area contributed by atoms with Crippen LogP contribution in [0.4, 0.5) is 0 Å². The molecule has 3 heterocycles. The molecule has 0 aromatic heterocycles. The first-order valence-corrected chi connectivity index (χ1v) is 14.0. The molecule has 1 saturated carbocycles. The molecule has 3 N–H and O–H groups in total. The second-order valence-electron chi connectivity index (χ2n) is 10.5. The fourth-order valence-electron chi connectivity index (χ4n) is 6.82. The topological polar surface area (TPSA) is 98.7 Å². The van der Waals surface area contributed by atoms with Crippen molar-refractivity contribution in [2.45, 2.75) is 100 Å². The smallest absolute Gasteiger partial charge is 0.244 e. The average molecular weight is 480 g/mol. The molecule has 8 heteroatoms. The van der Waals surface area contributed by atoms with E-state index in [4.69, 9.17) is 5.11 Å². The van der Waals surface area contributed by atoms with Gasteiger partial charge in [-0.25, -0.2) is 0 Å². The number of rotatable bonds is 10. The quantitative estimate of drug-likeness (QED) is 0.418. The van der Waals surface area contributed by atoms with Crippen molar-refractivity contribution in [2.75, 3.05) is 19.7 Å². The number of fused-ring (bicyclic) bond motifs is 1. The number of carbonyl (C=O) groups excluding carboxylic acids is 3. The second-order valence-corrected chi connectivity index (χ2v) is 12.1. The Morgan fingerprint density at radius 1 is 1.15 bits per heavy atom. The van der Waals surface area contributed by atoms with E-state index in [-0.39, 0.29) is 47.5 Å². The normalized spacial score (nSPS) is 35.7. The van der Waals surface area contributed by atoms with Crippen LogP contribution in [0.5, 0.6) is 0 Å². The summed E-state index contributed by atoms with van der Waals surface area (Å²) in [5.41, 5.74) is 0. The summed E-state index contributed by atoms with van der Waals surface area (Å²) >= 11 is 1.75. The number of aliphatic hydroxyl groups excluding tert-OH is 1. The minimum Gasteiger partial charge on any atom is -0.396 e. The molecule has 7 nitrogen and oxygen atoms in total. The van der Waals surface area contributed by atoms with Gasteiger partial charge in [0.25, 0.3) is 0 Å². The molecule has 0 aromatic rings. The average Bonchev–Trinajstić information content (AvgIpc) is 3.39. The van der Waals surface area contributed by atoms with E-state index in [0.717, 1.165) is 51.4 Å². The summed E-state index contributed by atoms with van der Waals surface area (Å²) in [5.74, 6) is -0.613. The van der Waals surface area contributed by atoms with Gasteiger partial charge in [-0.1, -0.05) is 33.1 Å². The largest absolute Gasteiger partial charge is 0.396 e. The molecule has 4 fully saturated rings. The number of hydrogen-bond acceptors (Lipinski definition) is 5. The number of thioether (sulfide) groups is 1. The van der Waals surface area contributed by atoms with Gasteiger partial charge in [0, 0.05) is 31.0 Å². The minimum atomic E-state index is -0.522. The summed E-state index contributed by atoms with van der Waals surface area (Å²) in [5, 5.41) is 15.6. The van der Waals surface area contributed by atoms with E-state index in [1.165, 1.54) is 6.42 Å². The van der Waals surface area contributed by atoms with Gasteiger partial charge in [0.1, 0.15) is 6.04 Å². The van der Waals surface area contributed by atoms with E-state index < -0.39 is 16.7 Å². The zero-order valence-electron chi connectivity index (χ0n) is 20.2. The van der Waals surface area contributed by atoms with Gasteiger partial charge >= 0.3 is 0 Å². The van der Waals surface area contributed by atoms with Gasteiger partial charge in [-0.15, -0.1) is 11.8 Å². The van der Waals surface area contributed by atoms with Crippen molar-refractivity contribution in [1.29, 1.82) is 0 Å². The lowest BCUT2D eigenvalue weighted by molar-refractivity contribution is -0.140. The number of aliphatic hydroxyl groups is 1. The molecule has 3 aliphatic heterocycles. The van der Waals surface area contributed by atoms with Crippen LogP contribution in [0.1, 0.15) is 78.1 Å². The molecule has 2 bridgehead atoms. The van der Waals surface area contributed by atoms with Crippen LogP contribution in [0.3, 0.4) is 0 Å². The molecule has 0 radical (unpaired) electrons. The minimum absolute atomic E-state index is 0.0130. The molecule has 3 saturated heterocycles. The number of carbonyl (C=O) groups is 3. The van der Waals surface area contributed by atoms with Crippen LogP contribution in [0.25, 0.3) is 0 Å². The van der Waals surface area contributed by atoms with Crippen LogP contribution in [0, 0.1) is 17.8 Å². The third-order valence-electron chi connectivity index (χ3n) is 8.35. The first-order valence-electron chi connectivity index (χ1n) is 13.1. The molecule has 0 aromatic carbocycles. The van der Waals surface area contributed by atoms with Crippen LogP contribution >= 0.6 is 11.8 Å². The highest BCUT2D eigenvalue weighted by atomic mass is 32.2. The molecule has 1 spiro atoms. The van der Waals surface area contributed by atoms with Gasteiger partial charge < -0.3 is 20.6 Å². The fraction of sp³-hybridized carbons (Fsp3) is 0.880. The number of amides is 3. The summed E-state index contributed by atoms with van der Waals surface area (Å²) in [7, 11) is 0. The number of nitrogens with zero attached hydrogens (tertiary/aromatic N) is 1. The molecule has 1 aliphatic carbocycles. The summed E-state index contributed by atoms with van der Waals surface area (Å²) in [4.78, 5) is 42.7. The summed E-state index contributed by atoms with van der Waals surface area (Å²) in [6.07, 6.45) is 9.53. The van der Waals surface area contributed by atoms with E-state index in [0.29, 0.717) is 19.5 Å². The van der Waals surface area contributed by atoms with Crippen molar-refractivity contribution in [1.82, 2.24) is 15.5 Å². The van der Waals surface area contributed by atoms with Crippen molar-refractivity contribution in [3.63, 3.8) is 0 Å². The standard InChI is InChI=1S/C25H41N3O4S/c1-3-12-26-22(30)19-18-15-16(2)25(33-18)20(19)24(32)28(13-8-5-9-14-29)21(25)23(31)27-17-10-6-4-7-11-17/h16-21,29H,3-15H2,1-2H3,(H,26,30)(H,27,31)/t16?,18-,19+,20-,21?,25?/m0/s1. The number of likely N-dealkylation sites (tertiary alicyclic amines) is 1. The highest BCUT2D eigenvalue weighted by Gasteiger charge is 2.75. The Morgan fingerprint density at radius 2 is 1.91 bits per heavy atom. The van der Waals surface area contributed by atoms with Crippen LogP contribution < -0.4 is 10.6 Å². The van der Waals surface area contributed by atoms with E-state index in [1.807, 2.05) is 11.8 Å². The van der Waals surface area contributed by atoms with Gasteiger partial charge in [0.05, 0.1) is 16.6 Å². The molecular formula is C25H41N3O4S. The number of unbranched alkanes of at least 4 members (excludes halogenated alkanes) is 2. The molecule has 4 rings (SSSR count). The molecule has 33 heavy (non-hydrogen) atoms. The summed E-state index contributed by atoms with van der Waals surface area (Å²) < 4.78 is -0.522. The Morgan fingerprint density at radius 3 is 2.61 bits per heavy atom. The Kier molecular flexibility index (Phi) is 7.94. The van der Waals surface area contributed by atoms with Crippen LogP contribution in [0.2, 0.25) is 0 Å². The summed E-state index contributed by atoms with van der Waals surface area (Å²) in [6, 6.07) is -0.323. The van der Waals surface area contributed by atoms with Crippen LogP contribution in [0.15, 0.2) is 0 Å². The van der Waals surface area contributed by atoms with Crippen LogP contribution in [-0.4, -0.2) is 69.5 Å². The molecule has 3 amide bonds. The van der Waals surface area contributed by atoms with Gasteiger partial charge in [0.15, 0.2) is 0 Å². The lowest BCUT2D eigenvalue weighted by atomic mass is 9.65. The first kappa shape index (κ1) is 24.8. The maximum Gasteiger partial charge on any atom is 0.244 e. The van der Waals surface area contributed by atoms with Crippen molar-refractivity contribution in [3.8, 4) is 0 Å². The lowest BCUT2D eigenvalue weighted by Gasteiger charge is -2.39. The monoisotopic (exact) mass is 479 g/mol. The van der Waals surface area contributed by atoms with Crippen molar-refractivity contribution in [2.24, 2.45) is 17.8 Å². The van der Waals surface area contributed by atoms with Gasteiger partial charge in [0.2, 0.25) is 17.7 Å². The van der Waals surface area contributed by atoms with Crippen molar-refractivity contribution >= 4 is 29.5 Å². The van der Waals surface area contributed by atoms with E-state index in [2.05, 4.69) is 17.6 Å². The highest BCUT2D eigenvalue weighted by molar-refractivity contribution is 8.02. The zero-order chi connectivity index (χ0) is 23.6. The number of nitrogens with one attached hydrogen (secondary N) is 2. The first-order chi connectivity index (χ1) is 16.0. The highest BCUT2D eigenvalue weighted by Crippen LogP contribution is 2.68. The molecule has 4 aliphatic rings. The van der Waals surface area contributed by atoms with E-state index in [9.17, 15) is 14.4 Å². The Labute approximate surface area is 202 Å². The third kappa shape index (κ3) is 4.42. The Bertz CT molecular complexity index is 743. The van der Waals surface area contributed by atoms with E-state index in [1.54, 1.807) is 11.8 Å². The maximum absolute atomic E-state index is 13.9.